The summed E-state index contributed by atoms with van der Waals surface area (Å²) in [6.07, 6.45) is 0.747. The van der Waals surface area contributed by atoms with Crippen LogP contribution in [0, 0.1) is 6.92 Å². The SMILES string of the molecule is CCN(CC)CCCN1C(=O)C(O)=C(C(=O)c2sc(-c3ccccc3)nc2C)C1c1ccc(C(C)(C)C)cc1. The Bertz CT molecular complexity index is 1350. The minimum absolute atomic E-state index is 0.0301. The Balaban J connectivity index is 1.72. The van der Waals surface area contributed by atoms with Crippen LogP contribution in [0.25, 0.3) is 10.6 Å². The van der Waals surface area contributed by atoms with Gasteiger partial charge in [-0.3, -0.25) is 9.59 Å². The normalized spacial score (nSPS) is 16.0. The van der Waals surface area contributed by atoms with E-state index in [0.29, 0.717) is 17.1 Å². The fraction of sp³-hybridized carbons (Fsp3) is 0.406. The van der Waals surface area contributed by atoms with Crippen molar-refractivity contribution in [2.24, 2.45) is 0 Å². The molecule has 0 spiro atoms. The molecule has 1 aliphatic rings. The Labute approximate surface area is 236 Å². The first-order valence-electron chi connectivity index (χ1n) is 13.7. The van der Waals surface area contributed by atoms with Crippen LogP contribution >= 0.6 is 11.3 Å². The van der Waals surface area contributed by atoms with Crippen LogP contribution in [0.4, 0.5) is 0 Å². The molecule has 2 aromatic carbocycles. The molecule has 206 valence electrons. The summed E-state index contributed by atoms with van der Waals surface area (Å²) in [7, 11) is 0. The number of Topliss-reactive ketones (excluding diaryl/α,β-unsaturated/α-hetero) is 1. The van der Waals surface area contributed by atoms with E-state index in [0.717, 1.165) is 47.8 Å². The maximum Gasteiger partial charge on any atom is 0.290 e. The molecule has 2 heterocycles. The number of ketones is 1. The summed E-state index contributed by atoms with van der Waals surface area (Å²) in [6.45, 7) is 15.6. The second kappa shape index (κ2) is 11.8. The molecule has 3 aromatic rings. The van der Waals surface area contributed by atoms with Crippen molar-refractivity contribution in [2.75, 3.05) is 26.2 Å². The molecule has 1 N–H and O–H groups in total. The number of benzene rings is 2. The summed E-state index contributed by atoms with van der Waals surface area (Å²) in [4.78, 5) is 36.6. The first-order valence-corrected chi connectivity index (χ1v) is 14.5. The fourth-order valence-electron chi connectivity index (χ4n) is 5.07. The van der Waals surface area contributed by atoms with Crippen molar-refractivity contribution in [2.45, 2.75) is 59.4 Å². The Morgan fingerprint density at radius 1 is 1.05 bits per heavy atom. The van der Waals surface area contributed by atoms with Gasteiger partial charge in [0.15, 0.2) is 5.76 Å². The van der Waals surface area contributed by atoms with Crippen LogP contribution in [0.3, 0.4) is 0 Å². The number of hydrogen-bond acceptors (Lipinski definition) is 6. The molecule has 1 atom stereocenters. The van der Waals surface area contributed by atoms with E-state index < -0.39 is 17.7 Å². The van der Waals surface area contributed by atoms with Gasteiger partial charge in [-0.1, -0.05) is 89.2 Å². The molecule has 1 aliphatic heterocycles. The zero-order valence-corrected chi connectivity index (χ0v) is 24.6. The molecule has 0 bridgehead atoms. The first kappa shape index (κ1) is 28.7. The van der Waals surface area contributed by atoms with Crippen LogP contribution < -0.4 is 0 Å². The average molecular weight is 546 g/mol. The lowest BCUT2D eigenvalue weighted by molar-refractivity contribution is -0.129. The van der Waals surface area contributed by atoms with E-state index in [1.165, 1.54) is 11.3 Å². The number of amides is 1. The van der Waals surface area contributed by atoms with Gasteiger partial charge in [-0.15, -0.1) is 11.3 Å². The van der Waals surface area contributed by atoms with Gasteiger partial charge in [0.25, 0.3) is 5.91 Å². The molecule has 0 saturated heterocycles. The number of aliphatic hydroxyl groups is 1. The Morgan fingerprint density at radius 2 is 1.69 bits per heavy atom. The second-order valence-corrected chi connectivity index (χ2v) is 12.0. The van der Waals surface area contributed by atoms with E-state index in [1.807, 2.05) is 42.5 Å². The molecule has 1 amide bonds. The predicted octanol–water partition coefficient (Wildman–Crippen LogP) is 6.73. The van der Waals surface area contributed by atoms with Gasteiger partial charge in [-0.25, -0.2) is 4.98 Å². The van der Waals surface area contributed by atoms with Gasteiger partial charge in [0.05, 0.1) is 22.2 Å². The first-order chi connectivity index (χ1) is 18.6. The number of nitrogens with zero attached hydrogens (tertiary/aromatic N) is 3. The van der Waals surface area contributed by atoms with Crippen LogP contribution in [0.2, 0.25) is 0 Å². The van der Waals surface area contributed by atoms with Crippen LogP contribution in [-0.2, 0) is 10.2 Å². The van der Waals surface area contributed by atoms with Crippen molar-refractivity contribution >= 4 is 23.0 Å². The molecule has 1 aromatic heterocycles. The van der Waals surface area contributed by atoms with Crippen molar-refractivity contribution in [3.8, 4) is 10.6 Å². The van der Waals surface area contributed by atoms with Crippen LogP contribution in [-0.4, -0.2) is 57.8 Å². The number of aryl methyl sites for hydroxylation is 1. The predicted molar refractivity (Wildman–Crippen MR) is 158 cm³/mol. The minimum Gasteiger partial charge on any atom is -0.503 e. The van der Waals surface area contributed by atoms with Gasteiger partial charge in [0.2, 0.25) is 5.78 Å². The van der Waals surface area contributed by atoms with E-state index in [-0.39, 0.29) is 16.8 Å². The Kier molecular flexibility index (Phi) is 8.72. The second-order valence-electron chi connectivity index (χ2n) is 11.0. The molecule has 1 unspecified atom stereocenters. The van der Waals surface area contributed by atoms with Crippen molar-refractivity contribution in [3.05, 3.63) is 87.6 Å². The summed E-state index contributed by atoms with van der Waals surface area (Å²) in [5.41, 5.74) is 3.61. The van der Waals surface area contributed by atoms with E-state index in [9.17, 15) is 14.7 Å². The van der Waals surface area contributed by atoms with E-state index >= 15 is 0 Å². The zero-order chi connectivity index (χ0) is 28.3. The highest BCUT2D eigenvalue weighted by molar-refractivity contribution is 7.17. The highest BCUT2D eigenvalue weighted by Crippen LogP contribution is 2.41. The summed E-state index contributed by atoms with van der Waals surface area (Å²) in [5, 5.41) is 11.9. The van der Waals surface area contributed by atoms with Gasteiger partial charge in [0.1, 0.15) is 5.01 Å². The zero-order valence-electron chi connectivity index (χ0n) is 23.8. The molecular formula is C32H39N3O3S. The lowest BCUT2D eigenvalue weighted by Crippen LogP contribution is -2.34. The van der Waals surface area contributed by atoms with E-state index in [4.69, 9.17) is 0 Å². The van der Waals surface area contributed by atoms with Gasteiger partial charge >= 0.3 is 0 Å². The lowest BCUT2D eigenvalue weighted by Gasteiger charge is -2.28. The lowest BCUT2D eigenvalue weighted by atomic mass is 9.85. The third-order valence-electron chi connectivity index (χ3n) is 7.43. The molecule has 0 fully saturated rings. The molecular weight excluding hydrogens is 506 g/mol. The minimum atomic E-state index is -0.655. The smallest absolute Gasteiger partial charge is 0.290 e. The molecule has 0 saturated carbocycles. The third kappa shape index (κ3) is 5.99. The molecule has 6 nitrogen and oxygen atoms in total. The van der Waals surface area contributed by atoms with Gasteiger partial charge in [-0.2, -0.15) is 0 Å². The number of carbonyl (C=O) groups excluding carboxylic acids is 2. The van der Waals surface area contributed by atoms with Crippen molar-refractivity contribution in [3.63, 3.8) is 0 Å². The summed E-state index contributed by atoms with van der Waals surface area (Å²) in [6, 6.07) is 17.1. The highest BCUT2D eigenvalue weighted by atomic mass is 32.1. The number of rotatable bonds is 10. The monoisotopic (exact) mass is 545 g/mol. The third-order valence-corrected chi connectivity index (χ3v) is 8.64. The largest absolute Gasteiger partial charge is 0.503 e. The standard InChI is InChI=1S/C32H39N3O3S/c1-7-34(8-2)19-12-20-35-26(22-15-17-24(18-16-22)32(4,5)6)25(28(37)31(35)38)27(36)29-21(3)33-30(39-29)23-13-10-9-11-14-23/h9-11,13-18,26,37H,7-8,12,19-20H2,1-6H3. The number of carbonyl (C=O) groups is 2. The van der Waals surface area contributed by atoms with Crippen molar-refractivity contribution in [1.29, 1.82) is 0 Å². The van der Waals surface area contributed by atoms with E-state index in [2.05, 4.69) is 56.6 Å². The van der Waals surface area contributed by atoms with Gasteiger partial charge in [0, 0.05) is 12.1 Å². The van der Waals surface area contributed by atoms with Gasteiger partial charge in [-0.05, 0) is 49.5 Å². The van der Waals surface area contributed by atoms with Crippen LogP contribution in [0.1, 0.15) is 73.6 Å². The maximum absolute atomic E-state index is 14.1. The topological polar surface area (TPSA) is 73.7 Å². The maximum atomic E-state index is 14.1. The number of thiazole rings is 1. The van der Waals surface area contributed by atoms with E-state index in [1.54, 1.807) is 11.8 Å². The molecule has 0 aliphatic carbocycles. The number of aromatic nitrogens is 1. The van der Waals surface area contributed by atoms with Crippen molar-refractivity contribution < 1.29 is 14.7 Å². The Morgan fingerprint density at radius 3 is 2.28 bits per heavy atom. The molecule has 4 rings (SSSR count). The number of hydrogen-bond donors (Lipinski definition) is 1. The quantitative estimate of drug-likeness (QED) is 0.286. The fourth-order valence-corrected chi connectivity index (χ4v) is 6.09. The highest BCUT2D eigenvalue weighted by Gasteiger charge is 2.44. The number of aliphatic hydroxyl groups excluding tert-OH is 1. The average Bonchev–Trinajstić information content (AvgIpc) is 3.43. The van der Waals surface area contributed by atoms with Gasteiger partial charge < -0.3 is 14.9 Å². The summed E-state index contributed by atoms with van der Waals surface area (Å²) in [5.74, 6) is -1.29. The molecule has 0 radical (unpaired) electrons. The summed E-state index contributed by atoms with van der Waals surface area (Å²) < 4.78 is 0. The van der Waals surface area contributed by atoms with Crippen LogP contribution in [0.15, 0.2) is 65.9 Å². The summed E-state index contributed by atoms with van der Waals surface area (Å²) >= 11 is 1.30. The molecule has 7 heteroatoms. The van der Waals surface area contributed by atoms with Crippen LogP contribution in [0.5, 0.6) is 0 Å². The molecule has 39 heavy (non-hydrogen) atoms. The van der Waals surface area contributed by atoms with Crippen molar-refractivity contribution in [1.82, 2.24) is 14.8 Å². The Hall–Kier alpha value is -3.29.